The van der Waals surface area contributed by atoms with Gasteiger partial charge in [-0.25, -0.2) is 4.39 Å². The van der Waals surface area contributed by atoms with E-state index < -0.39 is 21.5 Å². The monoisotopic (exact) mass is 309 g/mol. The second-order valence-electron chi connectivity index (χ2n) is 4.22. The maximum atomic E-state index is 13.6. The quantitative estimate of drug-likeness (QED) is 0.629. The molecule has 2 aromatic carbocycles. The molecular weight excluding hydrogens is 297 g/mol. The number of hydrogen-bond acceptors (Lipinski definition) is 4. The maximum absolute atomic E-state index is 13.6. The van der Waals surface area contributed by atoms with E-state index in [9.17, 15) is 18.7 Å². The van der Waals surface area contributed by atoms with Gasteiger partial charge in [0, 0.05) is 6.07 Å². The van der Waals surface area contributed by atoms with Gasteiger partial charge in [-0.3, -0.25) is 14.3 Å². The zero-order valence-electron chi connectivity index (χ0n) is 11.1. The van der Waals surface area contributed by atoms with Gasteiger partial charge in [0.1, 0.15) is 11.6 Å². The lowest BCUT2D eigenvalue weighted by Gasteiger charge is -2.06. The van der Waals surface area contributed by atoms with Crippen molar-refractivity contribution in [2.45, 2.75) is 10.6 Å². The molecule has 0 heterocycles. The molecule has 2 aromatic rings. The third kappa shape index (κ3) is 3.63. The molecule has 7 heteroatoms. The van der Waals surface area contributed by atoms with Crippen molar-refractivity contribution in [1.82, 2.24) is 0 Å². The molecule has 0 N–H and O–H groups in total. The van der Waals surface area contributed by atoms with Crippen molar-refractivity contribution in [2.24, 2.45) is 0 Å². The third-order valence-corrected chi connectivity index (χ3v) is 4.19. The lowest BCUT2D eigenvalue weighted by molar-refractivity contribution is -0.385. The van der Waals surface area contributed by atoms with Crippen LogP contribution in [-0.4, -0.2) is 16.2 Å². The molecule has 0 aliphatic rings. The largest absolute Gasteiger partial charge is 0.496 e. The van der Waals surface area contributed by atoms with Crippen LogP contribution in [0.1, 0.15) is 5.56 Å². The summed E-state index contributed by atoms with van der Waals surface area (Å²) in [5, 5.41) is 10.8. The summed E-state index contributed by atoms with van der Waals surface area (Å²) in [6.45, 7) is 0. The topological polar surface area (TPSA) is 69.4 Å². The molecule has 5 nitrogen and oxygen atoms in total. The third-order valence-electron chi connectivity index (χ3n) is 2.78. The number of benzene rings is 2. The Morgan fingerprint density at radius 1 is 1.29 bits per heavy atom. The minimum absolute atomic E-state index is 0.0288. The Hall–Kier alpha value is -2.28. The predicted octanol–water partition coefficient (Wildman–Crippen LogP) is 3.05. The van der Waals surface area contributed by atoms with Crippen molar-refractivity contribution in [3.05, 3.63) is 64.0 Å². The molecule has 0 spiro atoms. The average molecular weight is 309 g/mol. The molecule has 0 aliphatic heterocycles. The van der Waals surface area contributed by atoms with Gasteiger partial charge in [0.25, 0.3) is 5.69 Å². The standard InChI is InChI=1S/C14H12FNO4S/c1-20-12-7-10(6-11(8-12)16(17)18)9-21(19)14-5-3-2-4-13(14)15/h2-8H,9H2,1H3. The van der Waals surface area contributed by atoms with Crippen LogP contribution in [0.2, 0.25) is 0 Å². The van der Waals surface area contributed by atoms with Crippen LogP contribution in [0.3, 0.4) is 0 Å². The molecule has 110 valence electrons. The molecule has 1 unspecified atom stereocenters. The summed E-state index contributed by atoms with van der Waals surface area (Å²) in [5.41, 5.74) is 0.289. The molecular formula is C14H12FNO4S. The van der Waals surface area contributed by atoms with Gasteiger partial charge in [-0.2, -0.15) is 0 Å². The Bertz CT molecular complexity index is 705. The fourth-order valence-electron chi connectivity index (χ4n) is 1.81. The molecule has 0 fully saturated rings. The van der Waals surface area contributed by atoms with E-state index in [0.717, 1.165) is 0 Å². The van der Waals surface area contributed by atoms with E-state index in [1.807, 2.05) is 0 Å². The molecule has 2 rings (SSSR count). The first-order chi connectivity index (χ1) is 10.0. The van der Waals surface area contributed by atoms with Crippen LogP contribution in [0.15, 0.2) is 47.4 Å². The Labute approximate surface area is 123 Å². The number of non-ortho nitro benzene ring substituents is 1. The van der Waals surface area contributed by atoms with E-state index in [0.29, 0.717) is 11.3 Å². The molecule has 0 amide bonds. The zero-order valence-corrected chi connectivity index (χ0v) is 11.9. The molecule has 0 bridgehead atoms. The molecule has 0 aromatic heterocycles. The van der Waals surface area contributed by atoms with E-state index in [1.54, 1.807) is 12.1 Å². The Balaban J connectivity index is 2.31. The highest BCUT2D eigenvalue weighted by molar-refractivity contribution is 7.84. The number of nitro benzene ring substituents is 1. The van der Waals surface area contributed by atoms with Crippen molar-refractivity contribution in [3.63, 3.8) is 0 Å². The molecule has 21 heavy (non-hydrogen) atoms. The normalized spacial score (nSPS) is 11.9. The highest BCUT2D eigenvalue weighted by atomic mass is 32.2. The highest BCUT2D eigenvalue weighted by Crippen LogP contribution is 2.25. The average Bonchev–Trinajstić information content (AvgIpc) is 2.47. The van der Waals surface area contributed by atoms with Gasteiger partial charge < -0.3 is 4.74 Å². The highest BCUT2D eigenvalue weighted by Gasteiger charge is 2.14. The summed E-state index contributed by atoms with van der Waals surface area (Å²) >= 11 is 0. The van der Waals surface area contributed by atoms with E-state index >= 15 is 0 Å². The SMILES string of the molecule is COc1cc(CS(=O)c2ccccc2F)cc([N+](=O)[O-])c1. The Morgan fingerprint density at radius 3 is 2.62 bits per heavy atom. The van der Waals surface area contributed by atoms with Crippen LogP contribution in [0.5, 0.6) is 5.75 Å². The number of ether oxygens (including phenoxy) is 1. The summed E-state index contributed by atoms with van der Waals surface area (Å²) in [6.07, 6.45) is 0. The second-order valence-corrected chi connectivity index (χ2v) is 5.64. The number of hydrogen-bond donors (Lipinski definition) is 0. The van der Waals surface area contributed by atoms with Crippen LogP contribution in [0.25, 0.3) is 0 Å². The van der Waals surface area contributed by atoms with Crippen LogP contribution in [0, 0.1) is 15.9 Å². The van der Waals surface area contributed by atoms with Gasteiger partial charge in [-0.15, -0.1) is 0 Å². The zero-order chi connectivity index (χ0) is 15.4. The predicted molar refractivity (Wildman–Crippen MR) is 76.2 cm³/mol. The number of nitro groups is 1. The smallest absolute Gasteiger partial charge is 0.273 e. The summed E-state index contributed by atoms with van der Waals surface area (Å²) in [7, 11) is -0.245. The summed E-state index contributed by atoms with van der Waals surface area (Å²) < 4.78 is 30.7. The van der Waals surface area contributed by atoms with Crippen molar-refractivity contribution in [1.29, 1.82) is 0 Å². The van der Waals surface area contributed by atoms with E-state index in [-0.39, 0.29) is 16.3 Å². The summed E-state index contributed by atoms with van der Waals surface area (Å²) in [4.78, 5) is 10.4. The van der Waals surface area contributed by atoms with Gasteiger partial charge in [0.05, 0.1) is 39.5 Å². The number of rotatable bonds is 5. The Kier molecular flexibility index (Phi) is 4.64. The van der Waals surface area contributed by atoms with Crippen LogP contribution >= 0.6 is 0 Å². The van der Waals surface area contributed by atoms with Gasteiger partial charge in [0.15, 0.2) is 0 Å². The summed E-state index contributed by atoms with van der Waals surface area (Å²) in [5.74, 6) is -0.295. The van der Waals surface area contributed by atoms with Crippen molar-refractivity contribution >= 4 is 16.5 Å². The lowest BCUT2D eigenvalue weighted by Crippen LogP contribution is -2.01. The second kappa shape index (κ2) is 6.45. The molecule has 0 radical (unpaired) electrons. The van der Waals surface area contributed by atoms with Gasteiger partial charge in [0.2, 0.25) is 0 Å². The van der Waals surface area contributed by atoms with Gasteiger partial charge >= 0.3 is 0 Å². The molecule has 1 atom stereocenters. The molecule has 0 aliphatic carbocycles. The number of methoxy groups -OCH3 is 1. The molecule has 0 saturated carbocycles. The van der Waals surface area contributed by atoms with Crippen LogP contribution in [0.4, 0.5) is 10.1 Å². The maximum Gasteiger partial charge on any atom is 0.273 e. The van der Waals surface area contributed by atoms with Crippen LogP contribution in [-0.2, 0) is 16.6 Å². The fraction of sp³-hybridized carbons (Fsp3) is 0.143. The Morgan fingerprint density at radius 2 is 2.00 bits per heavy atom. The van der Waals surface area contributed by atoms with Crippen molar-refractivity contribution in [2.75, 3.05) is 7.11 Å². The fourth-order valence-corrected chi connectivity index (χ4v) is 2.95. The molecule has 0 saturated heterocycles. The minimum atomic E-state index is -1.63. The van der Waals surface area contributed by atoms with E-state index in [4.69, 9.17) is 4.74 Å². The summed E-state index contributed by atoms with van der Waals surface area (Å²) in [6, 6.07) is 9.88. The van der Waals surface area contributed by atoms with Crippen molar-refractivity contribution in [3.8, 4) is 5.75 Å². The van der Waals surface area contributed by atoms with Gasteiger partial charge in [-0.1, -0.05) is 12.1 Å². The van der Waals surface area contributed by atoms with Crippen LogP contribution < -0.4 is 4.74 Å². The van der Waals surface area contributed by atoms with E-state index in [2.05, 4.69) is 0 Å². The number of halogens is 1. The lowest BCUT2D eigenvalue weighted by atomic mass is 10.2. The number of nitrogens with zero attached hydrogens (tertiary/aromatic N) is 1. The van der Waals surface area contributed by atoms with Crippen molar-refractivity contribution < 1.29 is 18.3 Å². The van der Waals surface area contributed by atoms with Gasteiger partial charge in [-0.05, 0) is 23.8 Å². The minimum Gasteiger partial charge on any atom is -0.496 e. The van der Waals surface area contributed by atoms with E-state index in [1.165, 1.54) is 37.4 Å². The first-order valence-corrected chi connectivity index (χ1v) is 7.28. The first-order valence-electron chi connectivity index (χ1n) is 5.96. The first kappa shape index (κ1) is 15.1.